The first-order valence-corrected chi connectivity index (χ1v) is 21.7. The molecular formula is C60H40N2O. The van der Waals surface area contributed by atoms with Crippen molar-refractivity contribution in [1.29, 1.82) is 0 Å². The zero-order valence-corrected chi connectivity index (χ0v) is 34.9. The van der Waals surface area contributed by atoms with Crippen LogP contribution in [0.5, 0.6) is 5.75 Å². The number of rotatable bonds is 5. The van der Waals surface area contributed by atoms with Crippen molar-refractivity contribution in [3.63, 3.8) is 0 Å². The summed E-state index contributed by atoms with van der Waals surface area (Å²) in [7, 11) is 1.73. The van der Waals surface area contributed by atoms with Gasteiger partial charge in [-0.15, -0.1) is 0 Å². The normalized spacial score (nSPS) is 12.0. The molecule has 2 heterocycles. The molecule has 0 aliphatic rings. The van der Waals surface area contributed by atoms with Crippen LogP contribution >= 0.6 is 0 Å². The van der Waals surface area contributed by atoms with Crippen molar-refractivity contribution in [2.24, 2.45) is 0 Å². The zero-order valence-electron chi connectivity index (χ0n) is 34.9. The van der Waals surface area contributed by atoms with Crippen LogP contribution in [-0.4, -0.2) is 16.2 Å². The van der Waals surface area contributed by atoms with Gasteiger partial charge in [-0.05, 0) is 169 Å². The molecule has 0 spiro atoms. The minimum Gasteiger partial charge on any atom is -0.497 e. The summed E-state index contributed by atoms with van der Waals surface area (Å²) in [4.78, 5) is 0. The molecule has 0 aliphatic heterocycles. The van der Waals surface area contributed by atoms with E-state index < -0.39 is 0 Å². The highest BCUT2D eigenvalue weighted by atomic mass is 16.5. The summed E-state index contributed by atoms with van der Waals surface area (Å²) in [5, 5.41) is 14.8. The first kappa shape index (κ1) is 35.6. The van der Waals surface area contributed by atoms with Gasteiger partial charge in [-0.1, -0.05) is 115 Å². The SMILES string of the molecule is COc1ccc(-c2cc3cc4cc(-c5ccc(C)cc5)c5cc6c7ccccc7n(-c7ccccc7)c6cc5c4cc3c3cc4c(cc23)c2ccccc2n4-c2ccccc2)cc1. The van der Waals surface area contributed by atoms with Gasteiger partial charge >= 0.3 is 0 Å². The number of benzene rings is 11. The van der Waals surface area contributed by atoms with Crippen LogP contribution in [0.15, 0.2) is 206 Å². The van der Waals surface area contributed by atoms with Gasteiger partial charge in [0.2, 0.25) is 0 Å². The van der Waals surface area contributed by atoms with Gasteiger partial charge in [-0.25, -0.2) is 0 Å². The maximum Gasteiger partial charge on any atom is 0.118 e. The van der Waals surface area contributed by atoms with Gasteiger partial charge in [0.25, 0.3) is 0 Å². The highest BCUT2D eigenvalue weighted by molar-refractivity contribution is 6.27. The lowest BCUT2D eigenvalue weighted by atomic mass is 9.87. The van der Waals surface area contributed by atoms with Crippen molar-refractivity contribution in [1.82, 2.24) is 9.13 Å². The van der Waals surface area contributed by atoms with E-state index in [1.54, 1.807) is 7.11 Å². The van der Waals surface area contributed by atoms with Gasteiger partial charge in [0.15, 0.2) is 0 Å². The summed E-state index contributed by atoms with van der Waals surface area (Å²) in [5.41, 5.74) is 13.2. The number of fused-ring (bicyclic) bond motifs is 12. The van der Waals surface area contributed by atoms with Gasteiger partial charge in [0.1, 0.15) is 5.75 Å². The monoisotopic (exact) mass is 804 g/mol. The molecule has 0 atom stereocenters. The third-order valence-electron chi connectivity index (χ3n) is 13.4. The Bertz CT molecular complexity index is 3970. The number of methoxy groups -OCH3 is 1. The maximum atomic E-state index is 5.62. The molecule has 0 amide bonds. The summed E-state index contributed by atoms with van der Waals surface area (Å²) in [6.07, 6.45) is 0. The van der Waals surface area contributed by atoms with Crippen LogP contribution in [-0.2, 0) is 0 Å². The van der Waals surface area contributed by atoms with E-state index in [0.717, 1.165) is 22.7 Å². The fraction of sp³-hybridized carbons (Fsp3) is 0.0333. The smallest absolute Gasteiger partial charge is 0.118 e. The molecule has 11 aromatic carbocycles. The third-order valence-corrected chi connectivity index (χ3v) is 13.4. The Kier molecular flexibility index (Phi) is 7.73. The number of hydrogen-bond donors (Lipinski definition) is 0. The van der Waals surface area contributed by atoms with Crippen LogP contribution < -0.4 is 4.74 Å². The predicted octanol–water partition coefficient (Wildman–Crippen LogP) is 16.1. The van der Waals surface area contributed by atoms with Crippen LogP contribution in [0.4, 0.5) is 0 Å². The predicted molar refractivity (Wildman–Crippen MR) is 267 cm³/mol. The molecule has 0 N–H and O–H groups in total. The van der Waals surface area contributed by atoms with Crippen molar-refractivity contribution in [2.75, 3.05) is 7.11 Å². The summed E-state index contributed by atoms with van der Waals surface area (Å²) < 4.78 is 10.5. The molecule has 3 heteroatoms. The Morgan fingerprint density at radius 1 is 0.317 bits per heavy atom. The number of nitrogens with zero attached hydrogens (tertiary/aromatic N) is 2. The first-order chi connectivity index (χ1) is 31.1. The maximum absolute atomic E-state index is 5.62. The van der Waals surface area contributed by atoms with Crippen LogP contribution in [0.25, 0.3) is 120 Å². The van der Waals surface area contributed by atoms with Gasteiger partial charge in [-0.3, -0.25) is 0 Å². The summed E-state index contributed by atoms with van der Waals surface area (Å²) in [6.45, 7) is 2.16. The van der Waals surface area contributed by atoms with Crippen LogP contribution in [0.1, 0.15) is 5.56 Å². The standard InChI is InChI=1S/C60H40N2O/c1-37-21-23-38(24-22-37)47-30-40-29-41-31-48(39-25-27-44(63-2)28-26-39)52-34-56-46-18-10-12-20-58(46)62(43-15-7-4-8-16-43)60(56)36-54(52)50(41)32-49(40)53-35-59-55(33-51(47)53)45-17-9-11-19-57(45)61(59)42-13-5-3-6-14-42/h3-36H,1-2H3. The van der Waals surface area contributed by atoms with Crippen LogP contribution in [0.2, 0.25) is 0 Å². The van der Waals surface area contributed by atoms with E-state index in [1.807, 2.05) is 0 Å². The highest BCUT2D eigenvalue weighted by Crippen LogP contribution is 2.46. The van der Waals surface area contributed by atoms with Crippen molar-refractivity contribution in [3.8, 4) is 39.4 Å². The van der Waals surface area contributed by atoms with Gasteiger partial charge in [0.05, 0.1) is 29.2 Å². The van der Waals surface area contributed by atoms with Gasteiger partial charge < -0.3 is 13.9 Å². The van der Waals surface area contributed by atoms with Crippen molar-refractivity contribution in [3.05, 3.63) is 212 Å². The fourth-order valence-electron chi connectivity index (χ4n) is 10.4. The van der Waals surface area contributed by atoms with E-state index in [0.29, 0.717) is 0 Å². The van der Waals surface area contributed by atoms with Crippen LogP contribution in [0.3, 0.4) is 0 Å². The minimum absolute atomic E-state index is 0.846. The molecule has 296 valence electrons. The van der Waals surface area contributed by atoms with Crippen molar-refractivity contribution < 1.29 is 4.74 Å². The van der Waals surface area contributed by atoms with Gasteiger partial charge in [-0.2, -0.15) is 0 Å². The lowest BCUT2D eigenvalue weighted by molar-refractivity contribution is 0.415. The number of hydrogen-bond acceptors (Lipinski definition) is 1. The summed E-state index contributed by atoms with van der Waals surface area (Å²) >= 11 is 0. The molecule has 0 aliphatic carbocycles. The average molecular weight is 805 g/mol. The zero-order chi connectivity index (χ0) is 41.8. The average Bonchev–Trinajstić information content (AvgIpc) is 3.84. The van der Waals surface area contributed by atoms with E-state index in [9.17, 15) is 0 Å². The number of para-hydroxylation sites is 4. The molecular weight excluding hydrogens is 765 g/mol. The molecule has 0 unspecified atom stereocenters. The number of ether oxygens (including phenoxy) is 1. The van der Waals surface area contributed by atoms with Crippen molar-refractivity contribution >= 4 is 86.7 Å². The molecule has 3 nitrogen and oxygen atoms in total. The van der Waals surface area contributed by atoms with E-state index >= 15 is 0 Å². The van der Waals surface area contributed by atoms with E-state index in [4.69, 9.17) is 4.74 Å². The second-order valence-corrected chi connectivity index (χ2v) is 16.9. The summed E-state index contributed by atoms with van der Waals surface area (Å²) in [5.74, 6) is 0.846. The second-order valence-electron chi connectivity index (χ2n) is 16.9. The second kappa shape index (κ2) is 13.7. The molecule has 0 saturated heterocycles. The lowest BCUT2D eigenvalue weighted by Gasteiger charge is -2.17. The van der Waals surface area contributed by atoms with Gasteiger partial charge in [0, 0.05) is 32.9 Å². The Labute approximate surface area is 364 Å². The quantitative estimate of drug-likeness (QED) is 0.125. The van der Waals surface area contributed by atoms with Crippen LogP contribution in [0, 0.1) is 6.92 Å². The molecule has 0 radical (unpaired) electrons. The lowest BCUT2D eigenvalue weighted by Crippen LogP contribution is -1.94. The Morgan fingerprint density at radius 2 is 0.746 bits per heavy atom. The number of aromatic nitrogens is 2. The molecule has 63 heavy (non-hydrogen) atoms. The molecule has 0 saturated carbocycles. The number of aryl methyl sites for hydroxylation is 1. The summed E-state index contributed by atoms with van der Waals surface area (Å²) in [6, 6.07) is 76.3. The highest BCUT2D eigenvalue weighted by Gasteiger charge is 2.20. The topological polar surface area (TPSA) is 19.1 Å². The largest absolute Gasteiger partial charge is 0.497 e. The van der Waals surface area contributed by atoms with E-state index in [-0.39, 0.29) is 0 Å². The molecule has 2 aromatic heterocycles. The van der Waals surface area contributed by atoms with E-state index in [1.165, 1.54) is 109 Å². The Morgan fingerprint density at radius 3 is 1.22 bits per heavy atom. The molecule has 0 fully saturated rings. The van der Waals surface area contributed by atoms with Crippen molar-refractivity contribution in [2.45, 2.75) is 6.92 Å². The Balaban J connectivity index is 1.20. The minimum atomic E-state index is 0.846. The third kappa shape index (κ3) is 5.39. The fourth-order valence-corrected chi connectivity index (χ4v) is 10.4. The molecule has 0 bridgehead atoms. The molecule has 13 aromatic rings. The Hall–Kier alpha value is -8.14. The molecule has 13 rings (SSSR count). The van der Waals surface area contributed by atoms with E-state index in [2.05, 4.69) is 222 Å². The first-order valence-electron chi connectivity index (χ1n) is 21.7.